The molecular weight excluding hydrogens is 618 g/mol. The third-order valence-electron chi connectivity index (χ3n) is 11.1. The average Bonchev–Trinajstić information content (AvgIpc) is 3.66. The third-order valence-corrected chi connectivity index (χ3v) is 11.1. The number of unbranched alkanes of at least 4 members (excludes halogenated alkanes) is 8. The molecule has 3 atom stereocenters. The first kappa shape index (κ1) is 38.6. The SMILES string of the molecule is CCCCCCCCCCCC(=O)OC(CC)OC(C(=O)OC1CC2CCC(C1)[N+]21CCCC1)(c1ccccc1)c1ccccc1.O=C[O-]. The molecule has 5 rings (SSSR count). The zero-order valence-electron chi connectivity index (χ0n) is 29.9. The van der Waals surface area contributed by atoms with Gasteiger partial charge in [-0.2, -0.15) is 0 Å². The van der Waals surface area contributed by atoms with Gasteiger partial charge in [-0.25, -0.2) is 4.79 Å². The van der Waals surface area contributed by atoms with Crippen LogP contribution in [0.25, 0.3) is 0 Å². The van der Waals surface area contributed by atoms with E-state index in [1.807, 2.05) is 67.6 Å². The van der Waals surface area contributed by atoms with Gasteiger partial charge in [-0.1, -0.05) is 126 Å². The Labute approximate surface area is 294 Å². The number of ether oxygens (including phenoxy) is 3. The number of esters is 2. The molecule has 8 nitrogen and oxygen atoms in total. The molecule has 2 aromatic rings. The molecule has 2 aromatic carbocycles. The van der Waals surface area contributed by atoms with E-state index in [4.69, 9.17) is 24.1 Å². The van der Waals surface area contributed by atoms with Crippen LogP contribution in [-0.2, 0) is 34.2 Å². The Bertz CT molecular complexity index is 1210. The lowest BCUT2D eigenvalue weighted by Gasteiger charge is -2.47. The lowest BCUT2D eigenvalue weighted by atomic mass is 9.85. The van der Waals surface area contributed by atoms with E-state index in [1.165, 1.54) is 81.8 Å². The minimum absolute atomic E-state index is 0.140. The molecule has 0 radical (unpaired) electrons. The lowest BCUT2D eigenvalue weighted by molar-refractivity contribution is -0.956. The normalized spacial score (nSPS) is 21.4. The highest BCUT2D eigenvalue weighted by atomic mass is 16.7. The minimum Gasteiger partial charge on any atom is -0.554 e. The van der Waals surface area contributed by atoms with Gasteiger partial charge in [0.05, 0.1) is 25.2 Å². The fourth-order valence-electron chi connectivity index (χ4n) is 8.65. The summed E-state index contributed by atoms with van der Waals surface area (Å²) in [5.41, 5.74) is -0.194. The number of quaternary nitrogens is 1. The average molecular weight is 678 g/mol. The van der Waals surface area contributed by atoms with Crippen LogP contribution in [0.4, 0.5) is 0 Å². The van der Waals surface area contributed by atoms with Gasteiger partial charge in [0, 0.05) is 57.8 Å². The maximum absolute atomic E-state index is 14.7. The quantitative estimate of drug-likeness (QED) is 0.0534. The number of rotatable bonds is 18. The molecule has 3 aliphatic rings. The molecule has 0 saturated carbocycles. The Morgan fingerprint density at radius 3 is 1.80 bits per heavy atom. The molecule has 49 heavy (non-hydrogen) atoms. The molecule has 3 aliphatic heterocycles. The van der Waals surface area contributed by atoms with Gasteiger partial charge in [0.1, 0.15) is 6.10 Å². The molecule has 0 N–H and O–H groups in total. The van der Waals surface area contributed by atoms with Crippen LogP contribution in [0.1, 0.15) is 134 Å². The lowest BCUT2D eigenvalue weighted by Crippen LogP contribution is -2.60. The van der Waals surface area contributed by atoms with E-state index in [1.54, 1.807) is 0 Å². The molecule has 270 valence electrons. The zero-order valence-corrected chi connectivity index (χ0v) is 29.9. The molecule has 3 saturated heterocycles. The summed E-state index contributed by atoms with van der Waals surface area (Å²) < 4.78 is 20.5. The Morgan fingerprint density at radius 1 is 0.816 bits per heavy atom. The molecule has 0 aromatic heterocycles. The van der Waals surface area contributed by atoms with Gasteiger partial charge in [-0.3, -0.25) is 4.79 Å². The fourth-order valence-corrected chi connectivity index (χ4v) is 8.65. The van der Waals surface area contributed by atoms with Crippen molar-refractivity contribution in [3.63, 3.8) is 0 Å². The summed E-state index contributed by atoms with van der Waals surface area (Å²) in [4.78, 5) is 36.0. The highest BCUT2D eigenvalue weighted by Gasteiger charge is 2.57. The summed E-state index contributed by atoms with van der Waals surface area (Å²) in [7, 11) is 0. The Hall–Kier alpha value is -3.23. The Balaban J connectivity index is 0.00000174. The largest absolute Gasteiger partial charge is 0.554 e. The van der Waals surface area contributed by atoms with Crippen LogP contribution in [-0.4, -0.2) is 60.5 Å². The van der Waals surface area contributed by atoms with E-state index >= 15 is 0 Å². The molecule has 3 heterocycles. The van der Waals surface area contributed by atoms with Crippen molar-refractivity contribution >= 4 is 18.4 Å². The number of hydrogen-bond acceptors (Lipinski definition) is 7. The highest BCUT2D eigenvalue weighted by molar-refractivity contribution is 5.86. The first-order chi connectivity index (χ1) is 23.9. The predicted molar refractivity (Wildman–Crippen MR) is 188 cm³/mol. The van der Waals surface area contributed by atoms with E-state index in [9.17, 15) is 9.59 Å². The minimum atomic E-state index is -1.56. The van der Waals surface area contributed by atoms with Crippen molar-refractivity contribution in [2.75, 3.05) is 13.1 Å². The summed E-state index contributed by atoms with van der Waals surface area (Å²) in [6.07, 6.45) is 17.3. The first-order valence-corrected chi connectivity index (χ1v) is 19.0. The number of hydrogen-bond donors (Lipinski definition) is 0. The summed E-state index contributed by atoms with van der Waals surface area (Å²) in [5, 5.41) is 8.25. The smallest absolute Gasteiger partial charge is 0.348 e. The molecule has 2 bridgehead atoms. The molecule has 0 aliphatic carbocycles. The first-order valence-electron chi connectivity index (χ1n) is 19.0. The molecule has 3 unspecified atom stereocenters. The fraction of sp³-hybridized carbons (Fsp3) is 0.634. The van der Waals surface area contributed by atoms with Crippen LogP contribution in [0.3, 0.4) is 0 Å². The van der Waals surface area contributed by atoms with Crippen molar-refractivity contribution < 1.29 is 38.2 Å². The molecule has 8 heteroatoms. The topological polar surface area (TPSA) is 102 Å². The van der Waals surface area contributed by atoms with Crippen molar-refractivity contribution in [2.45, 2.75) is 153 Å². The predicted octanol–water partition coefficient (Wildman–Crippen LogP) is 7.36. The maximum atomic E-state index is 14.7. The van der Waals surface area contributed by atoms with Crippen LogP contribution in [0.2, 0.25) is 0 Å². The number of piperidine rings is 1. The van der Waals surface area contributed by atoms with Crippen LogP contribution in [0.15, 0.2) is 60.7 Å². The van der Waals surface area contributed by atoms with Crippen molar-refractivity contribution in [3.8, 4) is 0 Å². The zero-order chi connectivity index (χ0) is 35.0. The van der Waals surface area contributed by atoms with Crippen molar-refractivity contribution in [1.29, 1.82) is 0 Å². The van der Waals surface area contributed by atoms with Crippen LogP contribution >= 0.6 is 0 Å². The van der Waals surface area contributed by atoms with Gasteiger partial charge in [0.2, 0.25) is 11.9 Å². The molecule has 0 amide bonds. The number of benzene rings is 2. The van der Waals surface area contributed by atoms with E-state index in [-0.39, 0.29) is 12.1 Å². The summed E-state index contributed by atoms with van der Waals surface area (Å²) in [6.45, 7) is 6.23. The van der Waals surface area contributed by atoms with Gasteiger partial charge < -0.3 is 28.6 Å². The van der Waals surface area contributed by atoms with Gasteiger partial charge >= 0.3 is 11.9 Å². The van der Waals surface area contributed by atoms with Crippen molar-refractivity contribution in [2.24, 2.45) is 0 Å². The van der Waals surface area contributed by atoms with E-state index in [2.05, 4.69) is 6.92 Å². The maximum Gasteiger partial charge on any atom is 0.348 e. The standard InChI is InChI=1S/C40H58NO5.CH2O2/c1-3-5-6-7-8-9-10-11-18-25-37(42)45-38(4-2)46-40(32-21-14-12-15-22-32,33-23-16-13-17-24-33)39(43)44-36-30-34-26-27-35(31-36)41(34)28-19-20-29-41;2-1-3/h12-17,21-24,34-36,38H,3-11,18-20,25-31H2,1-2H3;1H,(H,2,3)/q+1;/p-1. The monoisotopic (exact) mass is 677 g/mol. The van der Waals surface area contributed by atoms with Gasteiger partial charge in [0.15, 0.2) is 0 Å². The van der Waals surface area contributed by atoms with Gasteiger partial charge in [0.25, 0.3) is 0 Å². The van der Waals surface area contributed by atoms with Crippen LogP contribution < -0.4 is 5.11 Å². The van der Waals surface area contributed by atoms with Crippen molar-refractivity contribution in [1.82, 2.24) is 0 Å². The second-order valence-corrected chi connectivity index (χ2v) is 14.2. The number of carbonyl (C=O) groups excluding carboxylic acids is 3. The van der Waals surface area contributed by atoms with Crippen LogP contribution in [0, 0.1) is 0 Å². The second kappa shape index (κ2) is 19.8. The molecule has 1 spiro atoms. The van der Waals surface area contributed by atoms with Crippen LogP contribution in [0.5, 0.6) is 0 Å². The summed E-state index contributed by atoms with van der Waals surface area (Å²) in [5.74, 6) is -0.695. The summed E-state index contributed by atoms with van der Waals surface area (Å²) in [6, 6.07) is 20.4. The summed E-state index contributed by atoms with van der Waals surface area (Å²) >= 11 is 0. The number of nitrogens with zero attached hydrogens (tertiary/aromatic N) is 1. The molecule has 3 fully saturated rings. The Morgan fingerprint density at radius 2 is 1.31 bits per heavy atom. The van der Waals surface area contributed by atoms with Gasteiger partial charge in [-0.15, -0.1) is 0 Å². The molecular formula is C41H59NO7. The second-order valence-electron chi connectivity index (χ2n) is 14.2. The van der Waals surface area contributed by atoms with E-state index in [0.29, 0.717) is 36.1 Å². The van der Waals surface area contributed by atoms with E-state index < -0.39 is 24.3 Å². The van der Waals surface area contributed by atoms with Gasteiger partial charge in [-0.05, 0) is 17.5 Å². The van der Waals surface area contributed by atoms with E-state index in [0.717, 1.165) is 32.1 Å². The Kier molecular flexibility index (Phi) is 15.6. The highest BCUT2D eigenvalue weighted by Crippen LogP contribution is 2.47. The van der Waals surface area contributed by atoms with Crippen molar-refractivity contribution in [3.05, 3.63) is 71.8 Å². The third kappa shape index (κ3) is 9.94. The number of carboxylic acid groups (broad SMARTS) is 1. The number of carbonyl (C=O) groups is 3.